The van der Waals surface area contributed by atoms with Crippen LogP contribution < -0.4 is 5.32 Å². The first-order valence-electron chi connectivity index (χ1n) is 5.62. The number of nitrogens with zero attached hydrogens (tertiary/aromatic N) is 2. The van der Waals surface area contributed by atoms with Gasteiger partial charge in [-0.2, -0.15) is 0 Å². The first-order chi connectivity index (χ1) is 9.13. The lowest BCUT2D eigenvalue weighted by Crippen LogP contribution is -2.11. The van der Waals surface area contributed by atoms with E-state index in [0.29, 0.717) is 17.3 Å². The fourth-order valence-corrected chi connectivity index (χ4v) is 2.78. The minimum absolute atomic E-state index is 0.0919. The summed E-state index contributed by atoms with van der Waals surface area (Å²) in [6.45, 7) is 1.83. The van der Waals surface area contributed by atoms with Crippen LogP contribution in [0.4, 0.5) is 9.52 Å². The van der Waals surface area contributed by atoms with Gasteiger partial charge in [0.2, 0.25) is 11.0 Å². The van der Waals surface area contributed by atoms with Crippen molar-refractivity contribution in [2.45, 2.75) is 18.2 Å². The molecule has 0 bridgehead atoms. The van der Waals surface area contributed by atoms with Gasteiger partial charge >= 0.3 is 0 Å². The van der Waals surface area contributed by atoms with Crippen LogP contribution in [0.15, 0.2) is 29.2 Å². The monoisotopic (exact) mass is 297 g/mol. The van der Waals surface area contributed by atoms with E-state index in [1.165, 1.54) is 35.2 Å². The third-order valence-corrected chi connectivity index (χ3v) is 3.95. The number of aryl methyl sites for hydroxylation is 1. The Bertz CT molecular complexity index is 556. The number of hydrogen-bond donors (Lipinski definition) is 1. The molecule has 0 spiro atoms. The second-order valence-electron chi connectivity index (χ2n) is 3.73. The third kappa shape index (κ3) is 4.60. The van der Waals surface area contributed by atoms with Crippen molar-refractivity contribution in [1.82, 2.24) is 10.2 Å². The van der Waals surface area contributed by atoms with Crippen molar-refractivity contribution < 1.29 is 9.18 Å². The lowest BCUT2D eigenvalue weighted by molar-refractivity contribution is -0.115. The van der Waals surface area contributed by atoms with Crippen LogP contribution in [-0.4, -0.2) is 21.9 Å². The van der Waals surface area contributed by atoms with Gasteiger partial charge in [0.25, 0.3) is 0 Å². The molecule has 1 N–H and O–H groups in total. The van der Waals surface area contributed by atoms with Crippen molar-refractivity contribution in [3.8, 4) is 0 Å². The van der Waals surface area contributed by atoms with Crippen molar-refractivity contribution in [3.63, 3.8) is 0 Å². The van der Waals surface area contributed by atoms with Crippen molar-refractivity contribution in [3.05, 3.63) is 35.1 Å². The number of halogens is 1. The van der Waals surface area contributed by atoms with Crippen LogP contribution in [0.3, 0.4) is 0 Å². The van der Waals surface area contributed by atoms with Crippen LogP contribution in [0.2, 0.25) is 0 Å². The topological polar surface area (TPSA) is 54.9 Å². The smallest absolute Gasteiger partial charge is 0.227 e. The average molecular weight is 297 g/mol. The molecular formula is C12H12FN3OS2. The molecule has 0 aliphatic rings. The SMILES string of the molecule is Cc1nnc(NC(=O)CCSc2ccc(F)cc2)s1. The Hall–Kier alpha value is -1.47. The van der Waals surface area contributed by atoms with Gasteiger partial charge in [-0.1, -0.05) is 11.3 Å². The van der Waals surface area contributed by atoms with Crippen molar-refractivity contribution in [2.75, 3.05) is 11.1 Å². The van der Waals surface area contributed by atoms with Crippen LogP contribution in [0.25, 0.3) is 0 Å². The molecule has 1 aromatic carbocycles. The predicted molar refractivity (Wildman–Crippen MR) is 75.0 cm³/mol. The van der Waals surface area contributed by atoms with E-state index < -0.39 is 0 Å². The maximum Gasteiger partial charge on any atom is 0.227 e. The summed E-state index contributed by atoms with van der Waals surface area (Å²) >= 11 is 2.86. The Balaban J connectivity index is 1.73. The Morgan fingerprint density at radius 3 is 2.74 bits per heavy atom. The van der Waals surface area contributed by atoms with Crippen LogP contribution in [0, 0.1) is 12.7 Å². The molecule has 0 radical (unpaired) electrons. The maximum absolute atomic E-state index is 12.7. The molecule has 100 valence electrons. The number of benzene rings is 1. The molecular weight excluding hydrogens is 285 g/mol. The van der Waals surface area contributed by atoms with Gasteiger partial charge in [-0.15, -0.1) is 22.0 Å². The highest BCUT2D eigenvalue weighted by atomic mass is 32.2. The molecule has 4 nitrogen and oxygen atoms in total. The highest BCUT2D eigenvalue weighted by molar-refractivity contribution is 7.99. The number of rotatable bonds is 5. The van der Waals surface area contributed by atoms with E-state index in [9.17, 15) is 9.18 Å². The number of thioether (sulfide) groups is 1. The summed E-state index contributed by atoms with van der Waals surface area (Å²) in [7, 11) is 0. The average Bonchev–Trinajstić information content (AvgIpc) is 2.77. The summed E-state index contributed by atoms with van der Waals surface area (Å²) < 4.78 is 12.7. The summed E-state index contributed by atoms with van der Waals surface area (Å²) in [6, 6.07) is 6.22. The summed E-state index contributed by atoms with van der Waals surface area (Å²) in [6.07, 6.45) is 0.376. The molecule has 0 atom stereocenters. The standard InChI is InChI=1S/C12H12FN3OS2/c1-8-15-16-12(19-8)14-11(17)6-7-18-10-4-2-9(13)3-5-10/h2-5H,6-7H2,1H3,(H,14,16,17). The quantitative estimate of drug-likeness (QED) is 0.862. The van der Waals surface area contributed by atoms with E-state index in [4.69, 9.17) is 0 Å². The molecule has 1 amide bonds. The van der Waals surface area contributed by atoms with E-state index in [2.05, 4.69) is 15.5 Å². The highest BCUT2D eigenvalue weighted by Crippen LogP contribution is 2.19. The van der Waals surface area contributed by atoms with E-state index in [1.807, 2.05) is 6.92 Å². The minimum atomic E-state index is -0.256. The number of carbonyl (C=O) groups excluding carboxylic acids is 1. The number of carbonyl (C=O) groups is 1. The molecule has 0 aliphatic carbocycles. The van der Waals surface area contributed by atoms with Gasteiger partial charge in [0, 0.05) is 17.1 Å². The largest absolute Gasteiger partial charge is 0.301 e. The minimum Gasteiger partial charge on any atom is -0.301 e. The fraction of sp³-hybridized carbons (Fsp3) is 0.250. The van der Waals surface area contributed by atoms with Gasteiger partial charge in [0.05, 0.1) is 0 Å². The van der Waals surface area contributed by atoms with Gasteiger partial charge in [-0.3, -0.25) is 4.79 Å². The number of hydrogen-bond acceptors (Lipinski definition) is 5. The van der Waals surface area contributed by atoms with Crippen LogP contribution in [-0.2, 0) is 4.79 Å². The second kappa shape index (κ2) is 6.63. The lowest BCUT2D eigenvalue weighted by Gasteiger charge is -2.02. The van der Waals surface area contributed by atoms with Gasteiger partial charge in [0.15, 0.2) is 0 Å². The molecule has 2 aromatic rings. The molecule has 0 aliphatic heterocycles. The first kappa shape index (κ1) is 14.0. The second-order valence-corrected chi connectivity index (χ2v) is 6.08. The Morgan fingerprint density at radius 2 is 2.11 bits per heavy atom. The van der Waals surface area contributed by atoms with Crippen LogP contribution >= 0.6 is 23.1 Å². The third-order valence-electron chi connectivity index (χ3n) is 2.18. The first-order valence-corrected chi connectivity index (χ1v) is 7.42. The molecule has 1 aromatic heterocycles. The Kier molecular flexibility index (Phi) is 4.86. The van der Waals surface area contributed by atoms with Gasteiger partial charge in [0.1, 0.15) is 10.8 Å². The summed E-state index contributed by atoms with van der Waals surface area (Å²) in [5.41, 5.74) is 0. The Labute approximate surface area is 118 Å². The molecule has 0 saturated heterocycles. The van der Waals surface area contributed by atoms with E-state index in [-0.39, 0.29) is 11.7 Å². The summed E-state index contributed by atoms with van der Waals surface area (Å²) in [5.74, 6) is 0.286. The summed E-state index contributed by atoms with van der Waals surface area (Å²) in [4.78, 5) is 12.6. The van der Waals surface area contributed by atoms with Gasteiger partial charge in [-0.05, 0) is 31.2 Å². The van der Waals surface area contributed by atoms with Gasteiger partial charge in [-0.25, -0.2) is 4.39 Å². The Morgan fingerprint density at radius 1 is 1.37 bits per heavy atom. The van der Waals surface area contributed by atoms with E-state index in [0.717, 1.165) is 9.90 Å². The summed E-state index contributed by atoms with van der Waals surface area (Å²) in [5, 5.41) is 11.7. The lowest BCUT2D eigenvalue weighted by atomic mass is 10.4. The predicted octanol–water partition coefficient (Wildman–Crippen LogP) is 3.11. The zero-order valence-electron chi connectivity index (χ0n) is 10.2. The number of nitrogens with one attached hydrogen (secondary N) is 1. The molecule has 1 heterocycles. The fourth-order valence-electron chi connectivity index (χ4n) is 1.32. The van der Waals surface area contributed by atoms with E-state index in [1.54, 1.807) is 12.1 Å². The van der Waals surface area contributed by atoms with Gasteiger partial charge < -0.3 is 5.32 Å². The van der Waals surface area contributed by atoms with Crippen LogP contribution in [0.1, 0.15) is 11.4 Å². The highest BCUT2D eigenvalue weighted by Gasteiger charge is 2.06. The van der Waals surface area contributed by atoms with Crippen molar-refractivity contribution in [1.29, 1.82) is 0 Å². The normalized spacial score (nSPS) is 10.4. The molecule has 2 rings (SSSR count). The zero-order valence-corrected chi connectivity index (χ0v) is 11.9. The van der Waals surface area contributed by atoms with Crippen molar-refractivity contribution in [2.24, 2.45) is 0 Å². The zero-order chi connectivity index (χ0) is 13.7. The number of amides is 1. The number of anilines is 1. The maximum atomic E-state index is 12.7. The molecule has 0 fully saturated rings. The van der Waals surface area contributed by atoms with Crippen LogP contribution in [0.5, 0.6) is 0 Å². The molecule has 0 saturated carbocycles. The van der Waals surface area contributed by atoms with Crippen molar-refractivity contribution >= 4 is 34.1 Å². The number of aromatic nitrogens is 2. The van der Waals surface area contributed by atoms with E-state index >= 15 is 0 Å². The molecule has 19 heavy (non-hydrogen) atoms. The molecule has 0 unspecified atom stereocenters. The molecule has 7 heteroatoms.